The molecule has 218 valence electrons. The molecule has 1 aliphatic heterocycles. The minimum atomic E-state index is -0.449. The summed E-state index contributed by atoms with van der Waals surface area (Å²) in [6.07, 6.45) is 5.71. The monoisotopic (exact) mass is 574 g/mol. The standard InChI is InChI=1S/C34H34N6O3/c1-20-31(37-40-18-24(16-30(43-2)32(20)40)34(42)38-13-5-6-25(35)19-38)29-15-23-12-11-22(14-28(23)39(29)17-21-9-10-21)26-7-3-4-8-27(26)33(36)41/h3-4,7-8,11-12,14-16,18,21,35H,5-6,9-10,13,17,19H2,1-2H3,(H2,36,41). The van der Waals surface area contributed by atoms with Gasteiger partial charge < -0.3 is 25.3 Å². The normalized spacial score (nSPS) is 15.4. The zero-order valence-electron chi connectivity index (χ0n) is 24.4. The number of ether oxygens (including phenoxy) is 1. The number of nitrogens with one attached hydrogen (secondary N) is 1. The molecule has 43 heavy (non-hydrogen) atoms. The number of carbonyl (C=O) groups is 2. The Balaban J connectivity index is 1.36. The van der Waals surface area contributed by atoms with Gasteiger partial charge in [0.15, 0.2) is 0 Å². The lowest BCUT2D eigenvalue weighted by molar-refractivity contribution is 0.0767. The molecular formula is C34H34N6O3. The van der Waals surface area contributed by atoms with E-state index >= 15 is 0 Å². The summed E-state index contributed by atoms with van der Waals surface area (Å²) in [7, 11) is 1.61. The molecule has 2 fully saturated rings. The fraction of sp³-hybridized carbons (Fsp3) is 0.294. The van der Waals surface area contributed by atoms with Crippen LogP contribution >= 0.6 is 0 Å². The molecule has 0 bridgehead atoms. The van der Waals surface area contributed by atoms with Crippen LogP contribution in [0, 0.1) is 18.3 Å². The van der Waals surface area contributed by atoms with Gasteiger partial charge in [0.05, 0.1) is 24.9 Å². The highest BCUT2D eigenvalue weighted by atomic mass is 16.5. The topological polar surface area (TPSA) is 119 Å². The Labute approximate surface area is 249 Å². The van der Waals surface area contributed by atoms with E-state index in [9.17, 15) is 9.59 Å². The number of benzene rings is 2. The fourth-order valence-corrected chi connectivity index (χ4v) is 6.35. The van der Waals surface area contributed by atoms with E-state index in [1.54, 1.807) is 34.9 Å². The SMILES string of the molecule is COc1cc(C(=O)N2CCCC(=N)C2)cn2nc(-c3cc4ccc(-c5ccccc5C(N)=O)cc4n3CC3CC3)c(C)c12. The largest absolute Gasteiger partial charge is 0.494 e. The highest BCUT2D eigenvalue weighted by Gasteiger charge is 2.28. The lowest BCUT2D eigenvalue weighted by Crippen LogP contribution is -2.40. The number of rotatable bonds is 7. The van der Waals surface area contributed by atoms with Crippen LogP contribution in [0.3, 0.4) is 0 Å². The first-order valence-corrected chi connectivity index (χ1v) is 14.8. The quantitative estimate of drug-likeness (QED) is 0.259. The van der Waals surface area contributed by atoms with E-state index in [0.29, 0.717) is 41.6 Å². The average Bonchev–Trinajstić information content (AvgIpc) is 3.69. The second-order valence-electron chi connectivity index (χ2n) is 11.8. The van der Waals surface area contributed by atoms with E-state index in [-0.39, 0.29) is 5.91 Å². The first-order valence-electron chi connectivity index (χ1n) is 14.8. The lowest BCUT2D eigenvalue weighted by Gasteiger charge is -2.27. The number of methoxy groups -OCH3 is 1. The predicted octanol–water partition coefficient (Wildman–Crippen LogP) is 5.70. The molecule has 3 aromatic heterocycles. The van der Waals surface area contributed by atoms with Gasteiger partial charge in [-0.1, -0.05) is 30.3 Å². The maximum Gasteiger partial charge on any atom is 0.255 e. The number of fused-ring (bicyclic) bond motifs is 2. The second-order valence-corrected chi connectivity index (χ2v) is 11.8. The number of piperidine rings is 1. The fourth-order valence-electron chi connectivity index (χ4n) is 6.35. The smallest absolute Gasteiger partial charge is 0.255 e. The van der Waals surface area contributed by atoms with Gasteiger partial charge in [-0.05, 0) is 73.9 Å². The van der Waals surface area contributed by atoms with Gasteiger partial charge in [-0.25, -0.2) is 4.52 Å². The van der Waals surface area contributed by atoms with Crippen LogP contribution in [-0.2, 0) is 6.54 Å². The molecule has 0 unspecified atom stereocenters. The Bertz CT molecular complexity index is 1950. The number of aromatic nitrogens is 3. The van der Waals surface area contributed by atoms with Crippen molar-refractivity contribution in [3.8, 4) is 28.3 Å². The summed E-state index contributed by atoms with van der Waals surface area (Å²) in [6, 6.07) is 17.7. The van der Waals surface area contributed by atoms with Crippen molar-refractivity contribution in [1.29, 1.82) is 5.41 Å². The van der Waals surface area contributed by atoms with Crippen LogP contribution in [0.4, 0.5) is 0 Å². The third-order valence-electron chi connectivity index (χ3n) is 8.76. The van der Waals surface area contributed by atoms with E-state index < -0.39 is 5.91 Å². The van der Waals surface area contributed by atoms with E-state index in [0.717, 1.165) is 63.9 Å². The number of nitrogens with zero attached hydrogens (tertiary/aromatic N) is 4. The van der Waals surface area contributed by atoms with Crippen LogP contribution in [-0.4, -0.2) is 56.8 Å². The van der Waals surface area contributed by atoms with Crippen molar-refractivity contribution in [3.63, 3.8) is 0 Å². The van der Waals surface area contributed by atoms with Gasteiger partial charge >= 0.3 is 0 Å². The average molecular weight is 575 g/mol. The maximum atomic E-state index is 13.4. The molecule has 2 amide bonds. The van der Waals surface area contributed by atoms with Gasteiger partial charge in [0.25, 0.3) is 5.91 Å². The molecule has 1 saturated heterocycles. The molecule has 0 atom stereocenters. The van der Waals surface area contributed by atoms with Crippen LogP contribution in [0.1, 0.15) is 52.0 Å². The van der Waals surface area contributed by atoms with Gasteiger partial charge in [0, 0.05) is 47.0 Å². The van der Waals surface area contributed by atoms with Gasteiger partial charge in [-0.3, -0.25) is 9.59 Å². The van der Waals surface area contributed by atoms with E-state index in [1.807, 2.05) is 31.2 Å². The summed E-state index contributed by atoms with van der Waals surface area (Å²) in [6.45, 7) is 3.91. The molecule has 5 aromatic rings. The molecule has 3 N–H and O–H groups in total. The summed E-state index contributed by atoms with van der Waals surface area (Å²) in [4.78, 5) is 27.3. The van der Waals surface area contributed by atoms with Crippen molar-refractivity contribution in [3.05, 3.63) is 77.5 Å². The Hall–Kier alpha value is -4.92. The van der Waals surface area contributed by atoms with Crippen LogP contribution in [0.25, 0.3) is 38.9 Å². The Kier molecular flexibility index (Phi) is 6.53. The van der Waals surface area contributed by atoms with Crippen molar-refractivity contribution >= 4 is 33.9 Å². The molecule has 0 spiro atoms. The number of aryl methyl sites for hydroxylation is 1. The highest BCUT2D eigenvalue weighted by molar-refractivity contribution is 6.01. The number of amides is 2. The maximum absolute atomic E-state index is 13.4. The number of likely N-dealkylation sites (tertiary alicyclic amines) is 1. The summed E-state index contributed by atoms with van der Waals surface area (Å²) >= 11 is 0. The van der Waals surface area contributed by atoms with E-state index in [2.05, 4.69) is 22.8 Å². The predicted molar refractivity (Wildman–Crippen MR) is 167 cm³/mol. The van der Waals surface area contributed by atoms with Crippen LogP contribution < -0.4 is 10.5 Å². The Morgan fingerprint density at radius 3 is 2.67 bits per heavy atom. The van der Waals surface area contributed by atoms with E-state index in [1.165, 1.54) is 12.8 Å². The van der Waals surface area contributed by atoms with Gasteiger partial charge in [-0.2, -0.15) is 5.10 Å². The number of primary amides is 1. The van der Waals surface area contributed by atoms with Gasteiger partial charge in [0.1, 0.15) is 17.0 Å². The molecule has 4 heterocycles. The molecule has 7 rings (SSSR count). The molecule has 0 radical (unpaired) electrons. The van der Waals surface area contributed by atoms with Crippen molar-refractivity contribution in [2.24, 2.45) is 11.7 Å². The van der Waals surface area contributed by atoms with Gasteiger partial charge in [-0.15, -0.1) is 0 Å². The second kappa shape index (κ2) is 10.4. The molecule has 2 aliphatic rings. The van der Waals surface area contributed by atoms with Crippen LogP contribution in [0.5, 0.6) is 5.75 Å². The van der Waals surface area contributed by atoms with Crippen molar-refractivity contribution in [1.82, 2.24) is 19.1 Å². The first-order chi connectivity index (χ1) is 20.8. The van der Waals surface area contributed by atoms with Crippen molar-refractivity contribution < 1.29 is 14.3 Å². The first kappa shape index (κ1) is 26.9. The lowest BCUT2D eigenvalue weighted by atomic mass is 9.98. The third kappa shape index (κ3) is 4.74. The highest BCUT2D eigenvalue weighted by Crippen LogP contribution is 2.39. The molecular weight excluding hydrogens is 540 g/mol. The number of pyridine rings is 1. The zero-order chi connectivity index (χ0) is 29.8. The van der Waals surface area contributed by atoms with Crippen LogP contribution in [0.2, 0.25) is 0 Å². The molecule has 1 saturated carbocycles. The van der Waals surface area contributed by atoms with Gasteiger partial charge in [0.2, 0.25) is 5.91 Å². The number of hydrogen-bond donors (Lipinski definition) is 2. The minimum Gasteiger partial charge on any atom is -0.494 e. The van der Waals surface area contributed by atoms with E-state index in [4.69, 9.17) is 21.0 Å². The van der Waals surface area contributed by atoms with Crippen molar-refractivity contribution in [2.75, 3.05) is 20.2 Å². The zero-order valence-corrected chi connectivity index (χ0v) is 24.4. The molecule has 9 nitrogen and oxygen atoms in total. The number of carbonyl (C=O) groups excluding carboxylic acids is 2. The summed E-state index contributed by atoms with van der Waals surface area (Å²) in [5, 5.41) is 14.2. The molecule has 9 heteroatoms. The Morgan fingerprint density at radius 2 is 1.93 bits per heavy atom. The minimum absolute atomic E-state index is 0.119. The van der Waals surface area contributed by atoms with Crippen molar-refractivity contribution in [2.45, 2.75) is 39.2 Å². The van der Waals surface area contributed by atoms with Crippen LogP contribution in [0.15, 0.2) is 60.8 Å². The number of hydrogen-bond acceptors (Lipinski definition) is 5. The number of nitrogens with two attached hydrogens (primary N) is 1. The Morgan fingerprint density at radius 1 is 1.12 bits per heavy atom. The molecule has 2 aromatic carbocycles. The summed E-state index contributed by atoms with van der Waals surface area (Å²) < 4.78 is 9.90. The summed E-state index contributed by atoms with van der Waals surface area (Å²) in [5.41, 5.74) is 13.7. The molecule has 1 aliphatic carbocycles. The summed E-state index contributed by atoms with van der Waals surface area (Å²) in [5.74, 6) is 0.626. The third-order valence-corrected chi connectivity index (χ3v) is 8.76.